The molecular formula is C20H19N3O2. The van der Waals surface area contributed by atoms with E-state index in [2.05, 4.69) is 24.4 Å². The maximum Gasteiger partial charge on any atom is 0.143 e. The summed E-state index contributed by atoms with van der Waals surface area (Å²) in [7, 11) is 0. The van der Waals surface area contributed by atoms with Crippen molar-refractivity contribution in [2.24, 2.45) is 0 Å². The molecule has 126 valence electrons. The number of hydrogen-bond acceptors (Lipinski definition) is 5. The lowest BCUT2D eigenvalue weighted by Crippen LogP contribution is -2.18. The molecule has 0 aliphatic carbocycles. The highest BCUT2D eigenvalue weighted by molar-refractivity contribution is 5.94. The highest BCUT2D eigenvalue weighted by atomic mass is 16.5. The van der Waals surface area contributed by atoms with Crippen LogP contribution in [0.2, 0.25) is 0 Å². The standard InChI is InChI=1S/C20H19N3O2/c1-11-2-3-17-19-12(4-6-24-17)8-15(23-20(11)19)13-9-18-16(10-14(13)21)22-5-7-25-18/h2-3,8-10,22H,4-7,21H2,1H3. The molecule has 0 radical (unpaired) electrons. The molecule has 2 aromatic carbocycles. The van der Waals surface area contributed by atoms with E-state index < -0.39 is 0 Å². The molecule has 0 atom stereocenters. The van der Waals surface area contributed by atoms with Crippen LogP contribution in [-0.2, 0) is 6.42 Å². The van der Waals surface area contributed by atoms with Crippen LogP contribution in [0.3, 0.4) is 0 Å². The second-order valence-corrected chi connectivity index (χ2v) is 6.58. The second kappa shape index (κ2) is 5.28. The molecule has 0 spiro atoms. The predicted octanol–water partition coefficient (Wildman–Crippen LogP) is 3.53. The van der Waals surface area contributed by atoms with Crippen molar-refractivity contribution in [1.82, 2.24) is 4.98 Å². The minimum Gasteiger partial charge on any atom is -0.493 e. The Bertz CT molecular complexity index is 1010. The fraction of sp³-hybridized carbons (Fsp3) is 0.250. The summed E-state index contributed by atoms with van der Waals surface area (Å²) in [6.45, 7) is 4.23. The third-order valence-corrected chi connectivity index (χ3v) is 4.94. The minimum absolute atomic E-state index is 0.659. The van der Waals surface area contributed by atoms with Crippen molar-refractivity contribution in [2.45, 2.75) is 13.3 Å². The first kappa shape index (κ1) is 14.4. The monoisotopic (exact) mass is 333 g/mol. The lowest BCUT2D eigenvalue weighted by atomic mass is 9.97. The van der Waals surface area contributed by atoms with Crippen LogP contribution < -0.4 is 20.5 Å². The number of ether oxygens (including phenoxy) is 2. The van der Waals surface area contributed by atoms with E-state index in [1.807, 2.05) is 18.2 Å². The molecule has 1 aromatic heterocycles. The number of aryl methyl sites for hydroxylation is 1. The zero-order chi connectivity index (χ0) is 17.0. The van der Waals surface area contributed by atoms with Crippen LogP contribution in [-0.4, -0.2) is 24.7 Å². The second-order valence-electron chi connectivity index (χ2n) is 6.58. The molecule has 3 aromatic rings. The fourth-order valence-electron chi connectivity index (χ4n) is 3.67. The average Bonchev–Trinajstić information content (AvgIpc) is 2.64. The number of aromatic nitrogens is 1. The Morgan fingerprint density at radius 2 is 1.96 bits per heavy atom. The first-order chi connectivity index (χ1) is 12.2. The van der Waals surface area contributed by atoms with Gasteiger partial charge >= 0.3 is 0 Å². The number of fused-ring (bicyclic) bond motifs is 1. The summed E-state index contributed by atoms with van der Waals surface area (Å²) in [6, 6.07) is 10.2. The highest BCUT2D eigenvalue weighted by Crippen LogP contribution is 2.40. The molecular weight excluding hydrogens is 314 g/mol. The molecule has 5 rings (SSSR count). The summed E-state index contributed by atoms with van der Waals surface area (Å²) < 4.78 is 11.6. The summed E-state index contributed by atoms with van der Waals surface area (Å²) in [5.41, 5.74) is 13.2. The number of benzene rings is 2. The Morgan fingerprint density at radius 1 is 1.08 bits per heavy atom. The average molecular weight is 333 g/mol. The third kappa shape index (κ3) is 2.19. The topological polar surface area (TPSA) is 69.4 Å². The maximum absolute atomic E-state index is 6.33. The van der Waals surface area contributed by atoms with E-state index in [-0.39, 0.29) is 0 Å². The van der Waals surface area contributed by atoms with E-state index in [1.165, 1.54) is 5.56 Å². The molecule has 3 N–H and O–H groups in total. The van der Waals surface area contributed by atoms with E-state index in [9.17, 15) is 0 Å². The molecule has 0 bridgehead atoms. The van der Waals surface area contributed by atoms with Crippen LogP contribution >= 0.6 is 0 Å². The van der Waals surface area contributed by atoms with Gasteiger partial charge in [-0.05, 0) is 42.3 Å². The van der Waals surface area contributed by atoms with Gasteiger partial charge in [0.2, 0.25) is 0 Å². The van der Waals surface area contributed by atoms with Gasteiger partial charge in [0.05, 0.1) is 23.5 Å². The zero-order valence-electron chi connectivity index (χ0n) is 14.1. The number of nitrogens with two attached hydrogens (primary N) is 1. The van der Waals surface area contributed by atoms with Crippen molar-refractivity contribution in [1.29, 1.82) is 0 Å². The third-order valence-electron chi connectivity index (χ3n) is 4.94. The van der Waals surface area contributed by atoms with E-state index >= 15 is 0 Å². The number of anilines is 2. The quantitative estimate of drug-likeness (QED) is 0.667. The number of pyridine rings is 1. The molecule has 0 saturated heterocycles. The van der Waals surface area contributed by atoms with Crippen molar-refractivity contribution in [3.05, 3.63) is 41.5 Å². The summed E-state index contributed by atoms with van der Waals surface area (Å²) in [5, 5.41) is 4.45. The SMILES string of the molecule is Cc1ccc2c3c(cc(-c4cc5c(cc4N)NCCO5)nc13)CCO2. The van der Waals surface area contributed by atoms with Gasteiger partial charge in [0, 0.05) is 29.6 Å². The summed E-state index contributed by atoms with van der Waals surface area (Å²) in [4.78, 5) is 4.92. The highest BCUT2D eigenvalue weighted by Gasteiger charge is 2.20. The normalized spacial score (nSPS) is 15.1. The van der Waals surface area contributed by atoms with E-state index in [1.54, 1.807) is 0 Å². The molecule has 0 saturated carbocycles. The van der Waals surface area contributed by atoms with Gasteiger partial charge in [-0.3, -0.25) is 0 Å². The molecule has 0 unspecified atom stereocenters. The van der Waals surface area contributed by atoms with Gasteiger partial charge in [0.15, 0.2) is 0 Å². The van der Waals surface area contributed by atoms with Gasteiger partial charge in [-0.2, -0.15) is 0 Å². The largest absolute Gasteiger partial charge is 0.493 e. The van der Waals surface area contributed by atoms with Crippen LogP contribution in [0.25, 0.3) is 22.2 Å². The number of nitrogens with one attached hydrogen (secondary N) is 1. The number of rotatable bonds is 1. The molecule has 2 aliphatic heterocycles. The lowest BCUT2D eigenvalue weighted by Gasteiger charge is -2.22. The van der Waals surface area contributed by atoms with Crippen LogP contribution in [0.1, 0.15) is 11.1 Å². The van der Waals surface area contributed by atoms with Crippen molar-refractivity contribution >= 4 is 22.3 Å². The Hall–Kier alpha value is -2.95. The summed E-state index contributed by atoms with van der Waals surface area (Å²) >= 11 is 0. The molecule has 5 heteroatoms. The number of nitrogen functional groups attached to an aromatic ring is 1. The Labute approximate surface area is 145 Å². The predicted molar refractivity (Wildman–Crippen MR) is 99.5 cm³/mol. The van der Waals surface area contributed by atoms with E-state index in [0.29, 0.717) is 18.9 Å². The first-order valence-corrected chi connectivity index (χ1v) is 8.57. The van der Waals surface area contributed by atoms with Gasteiger partial charge in [0.25, 0.3) is 0 Å². The van der Waals surface area contributed by atoms with Gasteiger partial charge in [0.1, 0.15) is 18.1 Å². The number of hydrogen-bond donors (Lipinski definition) is 2. The van der Waals surface area contributed by atoms with Crippen molar-refractivity contribution < 1.29 is 9.47 Å². The Balaban J connectivity index is 1.76. The van der Waals surface area contributed by atoms with Crippen LogP contribution in [0.4, 0.5) is 11.4 Å². The summed E-state index contributed by atoms with van der Waals surface area (Å²) in [6.07, 6.45) is 0.880. The van der Waals surface area contributed by atoms with Crippen LogP contribution in [0, 0.1) is 6.92 Å². The lowest BCUT2D eigenvalue weighted by molar-refractivity contribution is 0.318. The van der Waals surface area contributed by atoms with Crippen LogP contribution in [0.5, 0.6) is 11.5 Å². The smallest absolute Gasteiger partial charge is 0.143 e. The first-order valence-electron chi connectivity index (χ1n) is 8.57. The van der Waals surface area contributed by atoms with Gasteiger partial charge in [-0.15, -0.1) is 0 Å². The Kier molecular flexibility index (Phi) is 3.04. The van der Waals surface area contributed by atoms with Crippen molar-refractivity contribution in [3.63, 3.8) is 0 Å². The maximum atomic E-state index is 6.33. The van der Waals surface area contributed by atoms with Crippen molar-refractivity contribution in [2.75, 3.05) is 30.8 Å². The number of nitrogens with zero attached hydrogens (tertiary/aromatic N) is 1. The van der Waals surface area contributed by atoms with E-state index in [0.717, 1.165) is 57.9 Å². The van der Waals surface area contributed by atoms with Gasteiger partial charge in [-0.1, -0.05) is 6.07 Å². The molecule has 5 nitrogen and oxygen atoms in total. The zero-order valence-corrected chi connectivity index (χ0v) is 14.1. The molecule has 25 heavy (non-hydrogen) atoms. The minimum atomic E-state index is 0.659. The van der Waals surface area contributed by atoms with Crippen LogP contribution in [0.15, 0.2) is 30.3 Å². The molecule has 0 fully saturated rings. The molecule has 3 heterocycles. The van der Waals surface area contributed by atoms with E-state index in [4.69, 9.17) is 20.2 Å². The Morgan fingerprint density at radius 3 is 2.88 bits per heavy atom. The van der Waals surface area contributed by atoms with Gasteiger partial charge < -0.3 is 20.5 Å². The fourth-order valence-corrected chi connectivity index (χ4v) is 3.67. The van der Waals surface area contributed by atoms with Crippen molar-refractivity contribution in [3.8, 4) is 22.8 Å². The van der Waals surface area contributed by atoms with Gasteiger partial charge in [-0.25, -0.2) is 4.98 Å². The molecule has 0 amide bonds. The summed E-state index contributed by atoms with van der Waals surface area (Å²) in [5.74, 6) is 1.76. The molecule has 2 aliphatic rings.